The number of piperazine rings is 1. The van der Waals surface area contributed by atoms with Crippen LogP contribution in [0.15, 0.2) is 29.3 Å². The zero-order valence-electron chi connectivity index (χ0n) is 16.7. The van der Waals surface area contributed by atoms with Gasteiger partial charge in [0.25, 0.3) is 5.91 Å². The molecule has 7 heteroatoms. The van der Waals surface area contributed by atoms with E-state index in [2.05, 4.69) is 22.9 Å². The molecule has 1 aliphatic heterocycles. The van der Waals surface area contributed by atoms with Gasteiger partial charge in [-0.2, -0.15) is 0 Å². The molecule has 0 aromatic heterocycles. The van der Waals surface area contributed by atoms with Crippen LogP contribution < -0.4 is 16.0 Å². The lowest BCUT2D eigenvalue weighted by atomic mass is 9.96. The quantitative estimate of drug-likeness (QED) is 0.531. The highest BCUT2D eigenvalue weighted by molar-refractivity contribution is 5.97. The Kier molecular flexibility index (Phi) is 7.28. The van der Waals surface area contributed by atoms with Crippen LogP contribution in [0.2, 0.25) is 0 Å². The van der Waals surface area contributed by atoms with Gasteiger partial charge in [-0.25, -0.2) is 4.99 Å². The summed E-state index contributed by atoms with van der Waals surface area (Å²) in [4.78, 5) is 30.3. The van der Waals surface area contributed by atoms with E-state index in [9.17, 15) is 9.59 Å². The second-order valence-electron chi connectivity index (χ2n) is 7.45. The maximum Gasteiger partial charge on any atom is 0.254 e. The number of benzene rings is 1. The average Bonchev–Trinajstić information content (AvgIpc) is 2.73. The zero-order valence-corrected chi connectivity index (χ0v) is 16.7. The van der Waals surface area contributed by atoms with Gasteiger partial charge in [-0.05, 0) is 37.5 Å². The van der Waals surface area contributed by atoms with Crippen molar-refractivity contribution in [2.24, 2.45) is 4.99 Å². The molecular weight excluding hydrogens is 354 g/mol. The van der Waals surface area contributed by atoms with Gasteiger partial charge < -0.3 is 20.9 Å². The van der Waals surface area contributed by atoms with Gasteiger partial charge in [0.2, 0.25) is 5.91 Å². The third kappa shape index (κ3) is 5.71. The predicted octanol–water partition coefficient (Wildman–Crippen LogP) is 1.65. The van der Waals surface area contributed by atoms with Crippen LogP contribution >= 0.6 is 0 Å². The molecule has 0 radical (unpaired) electrons. The average molecular weight is 386 g/mol. The van der Waals surface area contributed by atoms with Gasteiger partial charge in [-0.3, -0.25) is 9.59 Å². The van der Waals surface area contributed by atoms with Crippen molar-refractivity contribution in [3.05, 3.63) is 35.4 Å². The molecule has 1 saturated heterocycles. The molecule has 1 aromatic carbocycles. The summed E-state index contributed by atoms with van der Waals surface area (Å²) in [5.74, 6) is 0.651. The fourth-order valence-corrected chi connectivity index (χ4v) is 3.68. The number of carbonyl (C=O) groups excluding carboxylic acids is 2. The molecular formula is C21H31N5O2. The Morgan fingerprint density at radius 1 is 1.21 bits per heavy atom. The highest BCUT2D eigenvalue weighted by atomic mass is 16.2. The molecule has 2 aliphatic rings. The van der Waals surface area contributed by atoms with Gasteiger partial charge in [0.05, 0.1) is 13.1 Å². The molecule has 0 spiro atoms. The van der Waals surface area contributed by atoms with E-state index in [-0.39, 0.29) is 18.4 Å². The number of hydrogen-bond donors (Lipinski definition) is 3. The maximum absolute atomic E-state index is 12.5. The summed E-state index contributed by atoms with van der Waals surface area (Å²) in [6.07, 6.45) is 6.31. The molecule has 1 heterocycles. The molecule has 1 aromatic rings. The third-order valence-electron chi connectivity index (χ3n) is 5.24. The van der Waals surface area contributed by atoms with Crippen molar-refractivity contribution < 1.29 is 9.59 Å². The fraction of sp³-hybridized carbons (Fsp3) is 0.571. The summed E-state index contributed by atoms with van der Waals surface area (Å²) in [5.41, 5.74) is 1.66. The van der Waals surface area contributed by atoms with Crippen LogP contribution in [0.25, 0.3) is 0 Å². The molecule has 152 valence electrons. The molecule has 0 bridgehead atoms. The molecule has 7 nitrogen and oxygen atoms in total. The normalized spacial score (nSPS) is 18.5. The fourth-order valence-electron chi connectivity index (χ4n) is 3.68. The second kappa shape index (κ2) is 10.1. The van der Waals surface area contributed by atoms with Crippen LogP contribution in [0.3, 0.4) is 0 Å². The van der Waals surface area contributed by atoms with E-state index in [4.69, 9.17) is 4.99 Å². The first-order chi connectivity index (χ1) is 13.7. The van der Waals surface area contributed by atoms with E-state index in [0.717, 1.165) is 18.1 Å². The van der Waals surface area contributed by atoms with Gasteiger partial charge in [-0.15, -0.1) is 0 Å². The minimum atomic E-state index is -0.105. The van der Waals surface area contributed by atoms with E-state index in [1.807, 2.05) is 24.3 Å². The van der Waals surface area contributed by atoms with E-state index < -0.39 is 0 Å². The minimum absolute atomic E-state index is 0.0998. The Morgan fingerprint density at radius 2 is 1.96 bits per heavy atom. The van der Waals surface area contributed by atoms with Crippen LogP contribution in [0.5, 0.6) is 0 Å². The summed E-state index contributed by atoms with van der Waals surface area (Å²) < 4.78 is 0. The van der Waals surface area contributed by atoms with E-state index in [1.54, 1.807) is 4.90 Å². The van der Waals surface area contributed by atoms with Gasteiger partial charge >= 0.3 is 0 Å². The summed E-state index contributed by atoms with van der Waals surface area (Å²) >= 11 is 0. The highest BCUT2D eigenvalue weighted by Crippen LogP contribution is 2.17. The first-order valence-corrected chi connectivity index (χ1v) is 10.4. The van der Waals surface area contributed by atoms with Crippen LogP contribution in [-0.4, -0.2) is 54.9 Å². The Balaban J connectivity index is 1.57. The van der Waals surface area contributed by atoms with Gasteiger partial charge in [-0.1, -0.05) is 31.4 Å². The lowest BCUT2D eigenvalue weighted by molar-refractivity contribution is -0.123. The van der Waals surface area contributed by atoms with Crippen molar-refractivity contribution in [1.82, 2.24) is 20.9 Å². The van der Waals surface area contributed by atoms with Crippen molar-refractivity contribution in [3.8, 4) is 0 Å². The van der Waals surface area contributed by atoms with Gasteiger partial charge in [0, 0.05) is 31.2 Å². The third-order valence-corrected chi connectivity index (χ3v) is 5.24. The van der Waals surface area contributed by atoms with Crippen molar-refractivity contribution >= 4 is 17.8 Å². The van der Waals surface area contributed by atoms with Crippen molar-refractivity contribution in [1.29, 1.82) is 0 Å². The van der Waals surface area contributed by atoms with Gasteiger partial charge in [0.1, 0.15) is 0 Å². The summed E-state index contributed by atoms with van der Waals surface area (Å²) in [6.45, 7) is 4.65. The van der Waals surface area contributed by atoms with Crippen LogP contribution in [0, 0.1) is 0 Å². The number of nitrogens with one attached hydrogen (secondary N) is 3. The van der Waals surface area contributed by atoms with Crippen molar-refractivity contribution in [2.45, 2.75) is 51.6 Å². The zero-order chi connectivity index (χ0) is 19.8. The largest absolute Gasteiger partial charge is 0.357 e. The Bertz CT molecular complexity index is 695. The summed E-state index contributed by atoms with van der Waals surface area (Å²) in [7, 11) is 0. The van der Waals surface area contributed by atoms with Crippen LogP contribution in [0.1, 0.15) is 54.9 Å². The summed E-state index contributed by atoms with van der Waals surface area (Å²) in [5, 5.41) is 9.60. The standard InChI is InChI=1S/C21H31N5O2/c1-2-22-21(25-18-6-4-3-5-7-18)24-14-16-8-10-17(11-9-16)20(28)26-13-12-23-19(27)15-26/h8-11,18H,2-7,12-15H2,1H3,(H,23,27)(H2,22,24,25). The number of hydrogen-bond acceptors (Lipinski definition) is 3. The minimum Gasteiger partial charge on any atom is -0.357 e. The van der Waals surface area contributed by atoms with Crippen LogP contribution in [-0.2, 0) is 11.3 Å². The molecule has 3 N–H and O–H groups in total. The van der Waals surface area contributed by atoms with E-state index in [0.29, 0.717) is 31.2 Å². The molecule has 0 atom stereocenters. The maximum atomic E-state index is 12.5. The number of nitrogens with zero attached hydrogens (tertiary/aromatic N) is 2. The van der Waals surface area contributed by atoms with Crippen molar-refractivity contribution in [3.63, 3.8) is 0 Å². The van der Waals surface area contributed by atoms with Crippen molar-refractivity contribution in [2.75, 3.05) is 26.2 Å². The number of guanidine groups is 1. The number of carbonyl (C=O) groups is 2. The molecule has 28 heavy (non-hydrogen) atoms. The molecule has 1 aliphatic carbocycles. The Hall–Kier alpha value is -2.57. The monoisotopic (exact) mass is 385 g/mol. The molecule has 0 unspecified atom stereocenters. The lowest BCUT2D eigenvalue weighted by Crippen LogP contribution is -2.49. The summed E-state index contributed by atoms with van der Waals surface area (Å²) in [6, 6.07) is 8.02. The Morgan fingerprint density at radius 3 is 2.64 bits per heavy atom. The van der Waals surface area contributed by atoms with E-state index in [1.165, 1.54) is 32.1 Å². The highest BCUT2D eigenvalue weighted by Gasteiger charge is 2.22. The van der Waals surface area contributed by atoms with E-state index >= 15 is 0 Å². The number of aliphatic imine (C=N–C) groups is 1. The first-order valence-electron chi connectivity index (χ1n) is 10.4. The molecule has 2 fully saturated rings. The Labute approximate surface area is 167 Å². The smallest absolute Gasteiger partial charge is 0.254 e. The van der Waals surface area contributed by atoms with Crippen LogP contribution in [0.4, 0.5) is 0 Å². The molecule has 1 saturated carbocycles. The number of amides is 2. The van der Waals surface area contributed by atoms with Gasteiger partial charge in [0.15, 0.2) is 5.96 Å². The second-order valence-corrected chi connectivity index (χ2v) is 7.45. The SMILES string of the molecule is CCNC(=NCc1ccc(C(=O)N2CCNC(=O)C2)cc1)NC1CCCCC1. The molecule has 3 rings (SSSR count). The lowest BCUT2D eigenvalue weighted by Gasteiger charge is -2.26. The first kappa shape index (κ1) is 20.2. The molecule has 2 amide bonds. The number of rotatable bonds is 5. The predicted molar refractivity (Wildman–Crippen MR) is 110 cm³/mol. The topological polar surface area (TPSA) is 85.8 Å².